The lowest BCUT2D eigenvalue weighted by molar-refractivity contribution is -0.143. The summed E-state index contributed by atoms with van der Waals surface area (Å²) in [7, 11) is 2.32. The highest BCUT2D eigenvalue weighted by Gasteiger charge is 2.37. The molecular formula is C29H44FN6O4P. The van der Waals surface area contributed by atoms with E-state index < -0.39 is 17.6 Å². The van der Waals surface area contributed by atoms with Gasteiger partial charge in [-0.05, 0) is 58.3 Å². The molecule has 10 nitrogen and oxygen atoms in total. The molecule has 2 saturated heterocycles. The van der Waals surface area contributed by atoms with Crippen LogP contribution in [0.3, 0.4) is 0 Å². The standard InChI is InChI=1S/C27H38FN6O4P.C2H6/c1-15(2)24(35)31-23(17-4-8-27(28,39)9-5-17)20-14-34-26(30-20)32-22(18-6-10-37-11-7-18)19(33-34)12-21-25(36)29-13-16(3)38-21;1-2/h14,16-18,21,23H,1,4-13,39H2,2-3H3,(H,29,36)(H,31,35);1-2H3. The Labute approximate surface area is 243 Å². The van der Waals surface area contributed by atoms with Crippen molar-refractivity contribution in [2.45, 2.75) is 102 Å². The minimum Gasteiger partial charge on any atom is -0.381 e. The van der Waals surface area contributed by atoms with Crippen LogP contribution in [-0.4, -0.2) is 68.8 Å². The molecule has 2 N–H and O–H groups in total. The third kappa shape index (κ3) is 7.67. The molecule has 2 amide bonds. The summed E-state index contributed by atoms with van der Waals surface area (Å²) in [6.07, 6.45) is 4.96. The Morgan fingerprint density at radius 1 is 1.27 bits per heavy atom. The van der Waals surface area contributed by atoms with E-state index in [4.69, 9.17) is 24.5 Å². The van der Waals surface area contributed by atoms with E-state index in [2.05, 4.69) is 26.5 Å². The summed E-state index contributed by atoms with van der Waals surface area (Å²) in [6.45, 7) is 13.1. The first-order chi connectivity index (χ1) is 19.6. The largest absolute Gasteiger partial charge is 0.381 e. The molecule has 2 aromatic rings. The summed E-state index contributed by atoms with van der Waals surface area (Å²) in [5, 5.41) is 9.58. The highest BCUT2D eigenvalue weighted by atomic mass is 31.0. The maximum atomic E-state index is 14.6. The van der Waals surface area contributed by atoms with Crippen molar-refractivity contribution in [1.29, 1.82) is 0 Å². The molecule has 226 valence electrons. The monoisotopic (exact) mass is 590 g/mol. The van der Waals surface area contributed by atoms with Crippen molar-refractivity contribution in [1.82, 2.24) is 30.2 Å². The van der Waals surface area contributed by atoms with Crippen LogP contribution in [0.4, 0.5) is 4.39 Å². The molecule has 1 saturated carbocycles. The second-order valence-corrected chi connectivity index (χ2v) is 12.3. The lowest BCUT2D eigenvalue weighted by atomic mass is 9.81. The van der Waals surface area contributed by atoms with E-state index in [9.17, 15) is 14.0 Å². The van der Waals surface area contributed by atoms with Crippen molar-refractivity contribution in [3.05, 3.63) is 35.4 Å². The molecule has 4 atom stereocenters. The van der Waals surface area contributed by atoms with E-state index in [1.807, 2.05) is 20.8 Å². The number of amides is 2. The number of fused-ring (bicyclic) bond motifs is 1. The van der Waals surface area contributed by atoms with Crippen LogP contribution >= 0.6 is 9.24 Å². The molecular weight excluding hydrogens is 546 g/mol. The minimum absolute atomic E-state index is 0.0119. The lowest BCUT2D eigenvalue weighted by Crippen LogP contribution is -2.49. The lowest BCUT2D eigenvalue weighted by Gasteiger charge is -2.35. The van der Waals surface area contributed by atoms with Crippen LogP contribution in [-0.2, 0) is 25.5 Å². The van der Waals surface area contributed by atoms with Gasteiger partial charge in [0, 0.05) is 37.7 Å². The zero-order valence-electron chi connectivity index (χ0n) is 24.6. The van der Waals surface area contributed by atoms with Crippen LogP contribution in [0.15, 0.2) is 18.3 Å². The molecule has 5 rings (SSSR count). The molecule has 41 heavy (non-hydrogen) atoms. The first-order valence-electron chi connectivity index (χ1n) is 14.8. The molecule has 0 bridgehead atoms. The summed E-state index contributed by atoms with van der Waals surface area (Å²) in [6, 6.07) is -0.429. The van der Waals surface area contributed by atoms with Crippen LogP contribution < -0.4 is 10.6 Å². The number of rotatable bonds is 7. The zero-order chi connectivity index (χ0) is 29.7. The number of ether oxygens (including phenoxy) is 2. The van der Waals surface area contributed by atoms with Crippen LogP contribution in [0.1, 0.15) is 95.3 Å². The molecule has 1 aliphatic carbocycles. The van der Waals surface area contributed by atoms with Crippen molar-refractivity contribution < 1.29 is 23.5 Å². The summed E-state index contributed by atoms with van der Waals surface area (Å²) < 4.78 is 27.7. The molecule has 3 fully saturated rings. The van der Waals surface area contributed by atoms with Crippen molar-refractivity contribution >= 4 is 26.8 Å². The predicted molar refractivity (Wildman–Crippen MR) is 157 cm³/mol. The van der Waals surface area contributed by atoms with E-state index in [0.29, 0.717) is 74.6 Å². The highest BCUT2D eigenvalue weighted by Crippen LogP contribution is 2.44. The number of nitrogens with one attached hydrogen (secondary N) is 2. The van der Waals surface area contributed by atoms with Crippen LogP contribution in [0.25, 0.3) is 5.78 Å². The van der Waals surface area contributed by atoms with E-state index in [1.165, 1.54) is 0 Å². The molecule has 2 aromatic heterocycles. The van der Waals surface area contributed by atoms with Crippen LogP contribution in [0.5, 0.6) is 0 Å². The number of alkyl halides is 1. The fourth-order valence-corrected chi connectivity index (χ4v) is 6.02. The Bertz CT molecular complexity index is 1240. The van der Waals surface area contributed by atoms with Gasteiger partial charge in [-0.3, -0.25) is 9.59 Å². The maximum Gasteiger partial charge on any atom is 0.251 e. The Morgan fingerprint density at radius 2 is 1.95 bits per heavy atom. The number of aromatic nitrogens is 4. The Kier molecular flexibility index (Phi) is 10.5. The van der Waals surface area contributed by atoms with Crippen molar-refractivity contribution in [2.75, 3.05) is 19.8 Å². The fraction of sp³-hybridized carbons (Fsp3) is 0.690. The Hall–Kier alpha value is -2.49. The van der Waals surface area contributed by atoms with Gasteiger partial charge in [0.1, 0.15) is 11.5 Å². The molecule has 0 aromatic carbocycles. The second kappa shape index (κ2) is 13.7. The van der Waals surface area contributed by atoms with Gasteiger partial charge in [-0.15, -0.1) is 0 Å². The number of morpholine rings is 1. The minimum atomic E-state index is -1.28. The average Bonchev–Trinajstić information content (AvgIpc) is 3.37. The molecule has 4 unspecified atom stereocenters. The number of imidazole rings is 1. The second-order valence-electron chi connectivity index (χ2n) is 11.2. The van der Waals surface area contributed by atoms with Crippen LogP contribution in [0, 0.1) is 5.92 Å². The number of nitrogens with zero attached hydrogens (tertiary/aromatic N) is 4. The van der Waals surface area contributed by atoms with Gasteiger partial charge in [-0.2, -0.15) is 5.10 Å². The summed E-state index contributed by atoms with van der Waals surface area (Å²) in [5.74, 6) is 0.149. The number of hydrogen-bond acceptors (Lipinski definition) is 7. The van der Waals surface area contributed by atoms with Crippen molar-refractivity contribution in [3.8, 4) is 0 Å². The molecule has 2 aliphatic heterocycles. The number of hydrogen-bond donors (Lipinski definition) is 2. The maximum absolute atomic E-state index is 14.6. The third-order valence-corrected chi connectivity index (χ3v) is 8.58. The van der Waals surface area contributed by atoms with Gasteiger partial charge in [0.05, 0.1) is 35.4 Å². The smallest absolute Gasteiger partial charge is 0.251 e. The summed E-state index contributed by atoms with van der Waals surface area (Å²) in [4.78, 5) is 35.0. The summed E-state index contributed by atoms with van der Waals surface area (Å²) >= 11 is 0. The van der Waals surface area contributed by atoms with E-state index in [-0.39, 0.29) is 29.8 Å². The van der Waals surface area contributed by atoms with Gasteiger partial charge < -0.3 is 20.1 Å². The van der Waals surface area contributed by atoms with Crippen LogP contribution in [0.2, 0.25) is 0 Å². The average molecular weight is 591 g/mol. The molecule has 0 spiro atoms. The normalized spacial score (nSPS) is 27.9. The van der Waals surface area contributed by atoms with Crippen molar-refractivity contribution in [2.24, 2.45) is 5.92 Å². The molecule has 3 aliphatic rings. The SMILES string of the molecule is C=C(C)C(=O)NC(c1cn2nc(CC3OC(C)CNC3=O)c(C3CCOCC3)nc2n1)C1CCC(F)(P)CC1.CC. The number of halogens is 1. The van der Waals surface area contributed by atoms with Gasteiger partial charge in [-0.1, -0.05) is 29.7 Å². The Balaban J connectivity index is 0.00000189. The topological polar surface area (TPSA) is 120 Å². The predicted octanol–water partition coefficient (Wildman–Crippen LogP) is 3.96. The molecule has 4 heterocycles. The number of carbonyl (C=O) groups is 2. The summed E-state index contributed by atoms with van der Waals surface area (Å²) in [5.41, 5.74) is 2.52. The first-order valence-corrected chi connectivity index (χ1v) is 15.4. The van der Waals surface area contributed by atoms with E-state index in [1.54, 1.807) is 17.6 Å². The van der Waals surface area contributed by atoms with Gasteiger partial charge in [0.2, 0.25) is 11.8 Å². The Morgan fingerprint density at radius 3 is 2.61 bits per heavy atom. The van der Waals surface area contributed by atoms with E-state index >= 15 is 0 Å². The number of carbonyl (C=O) groups excluding carboxylic acids is 2. The molecule has 0 radical (unpaired) electrons. The highest BCUT2D eigenvalue weighted by molar-refractivity contribution is 7.18. The molecule has 12 heteroatoms. The quantitative estimate of drug-likeness (QED) is 0.370. The van der Waals surface area contributed by atoms with Crippen molar-refractivity contribution in [3.63, 3.8) is 0 Å². The third-order valence-electron chi connectivity index (χ3n) is 8.00. The first kappa shape index (κ1) is 31.4. The zero-order valence-corrected chi connectivity index (χ0v) is 25.8. The van der Waals surface area contributed by atoms with Gasteiger partial charge >= 0.3 is 0 Å². The van der Waals surface area contributed by atoms with Gasteiger partial charge in [0.25, 0.3) is 5.78 Å². The van der Waals surface area contributed by atoms with Gasteiger partial charge in [0.15, 0.2) is 0 Å². The van der Waals surface area contributed by atoms with Gasteiger partial charge in [-0.25, -0.2) is 18.9 Å². The van der Waals surface area contributed by atoms with E-state index in [0.717, 1.165) is 18.5 Å². The fourth-order valence-electron chi connectivity index (χ4n) is 5.69.